The minimum absolute atomic E-state index is 0.112. The first-order chi connectivity index (χ1) is 8.11. The molecule has 17 heavy (non-hydrogen) atoms. The molecule has 0 spiro atoms. The van der Waals surface area contributed by atoms with Crippen LogP contribution in [-0.4, -0.2) is 63.1 Å². The number of hydrogen-bond acceptors (Lipinski definition) is 7. The molecule has 0 saturated carbocycles. The molecule has 1 aromatic heterocycles. The highest BCUT2D eigenvalue weighted by Crippen LogP contribution is 2.09. The van der Waals surface area contributed by atoms with Gasteiger partial charge >= 0.3 is 5.97 Å². The number of nitrogens with zero attached hydrogens (tertiary/aromatic N) is 3. The number of nitrogens with one attached hydrogen (secondary N) is 1. The van der Waals surface area contributed by atoms with Crippen molar-refractivity contribution in [3.63, 3.8) is 0 Å². The fourth-order valence-electron chi connectivity index (χ4n) is 1.74. The fraction of sp³-hybridized carbons (Fsp3) is 0.667. The lowest BCUT2D eigenvalue weighted by Gasteiger charge is -2.15. The molecular formula is C9H14N4O4. The van der Waals surface area contributed by atoms with Crippen LogP contribution in [0.4, 0.5) is 0 Å². The Morgan fingerprint density at radius 2 is 2.47 bits per heavy atom. The van der Waals surface area contributed by atoms with Gasteiger partial charge in [-0.3, -0.25) is 0 Å². The second-order valence-corrected chi connectivity index (χ2v) is 3.89. The number of rotatable bonds is 3. The van der Waals surface area contributed by atoms with E-state index in [1.165, 1.54) is 18.0 Å². The van der Waals surface area contributed by atoms with E-state index in [-0.39, 0.29) is 11.7 Å². The molecule has 2 rings (SSSR count). The number of aliphatic hydroxyl groups is 2. The zero-order chi connectivity index (χ0) is 12.4. The maximum absolute atomic E-state index is 11.1. The van der Waals surface area contributed by atoms with E-state index in [9.17, 15) is 15.0 Å². The first-order valence-corrected chi connectivity index (χ1v) is 5.19. The summed E-state index contributed by atoms with van der Waals surface area (Å²) < 4.78 is 5.92. The molecule has 0 aromatic carbocycles. The molecule has 0 unspecified atom stereocenters. The summed E-state index contributed by atoms with van der Waals surface area (Å²) in [4.78, 5) is 11.1. The van der Waals surface area contributed by atoms with Gasteiger partial charge in [-0.15, -0.1) is 5.10 Å². The number of methoxy groups -OCH3 is 1. The van der Waals surface area contributed by atoms with Crippen LogP contribution < -0.4 is 5.32 Å². The minimum atomic E-state index is -0.847. The van der Waals surface area contributed by atoms with Gasteiger partial charge in [-0.25, -0.2) is 9.48 Å². The second kappa shape index (κ2) is 4.78. The monoisotopic (exact) mass is 242 g/mol. The topological polar surface area (TPSA) is 110 Å². The molecule has 94 valence electrons. The summed E-state index contributed by atoms with van der Waals surface area (Å²) in [6.45, 7) is 0.659. The molecule has 0 radical (unpaired) electrons. The largest absolute Gasteiger partial charge is 0.464 e. The molecular weight excluding hydrogens is 228 g/mol. The first kappa shape index (κ1) is 12.0. The van der Waals surface area contributed by atoms with E-state index >= 15 is 0 Å². The average molecular weight is 242 g/mol. The van der Waals surface area contributed by atoms with E-state index < -0.39 is 18.2 Å². The van der Waals surface area contributed by atoms with Crippen molar-refractivity contribution < 1.29 is 19.7 Å². The molecule has 0 bridgehead atoms. The summed E-state index contributed by atoms with van der Waals surface area (Å²) in [5.41, 5.74) is 0.112. The predicted octanol–water partition coefficient (Wildman–Crippen LogP) is -2.24. The van der Waals surface area contributed by atoms with E-state index in [2.05, 4.69) is 20.4 Å². The standard InChI is InChI=1S/C9H14N4O4/c1-17-9(16)6-4-13(12-11-6)3-5-8(15)7(14)2-10-5/h4-5,7-8,10,14-15H,2-3H2,1H3/t5-,7+,8-/m0/s1. The molecule has 1 saturated heterocycles. The van der Waals surface area contributed by atoms with Gasteiger partial charge in [-0.1, -0.05) is 5.21 Å². The van der Waals surface area contributed by atoms with Crippen molar-refractivity contribution in [2.24, 2.45) is 0 Å². The van der Waals surface area contributed by atoms with Gasteiger partial charge in [0, 0.05) is 6.54 Å². The summed E-state index contributed by atoms with van der Waals surface area (Å²) >= 11 is 0. The molecule has 0 amide bonds. The molecule has 1 aliphatic heterocycles. The Labute approximate surface area is 97.2 Å². The van der Waals surface area contributed by atoms with Gasteiger partial charge in [0.2, 0.25) is 0 Å². The van der Waals surface area contributed by atoms with Crippen molar-refractivity contribution in [1.82, 2.24) is 20.3 Å². The normalized spacial score (nSPS) is 28.3. The number of carbonyl (C=O) groups is 1. The highest BCUT2D eigenvalue weighted by molar-refractivity contribution is 5.86. The van der Waals surface area contributed by atoms with Gasteiger partial charge in [0.25, 0.3) is 0 Å². The summed E-state index contributed by atoms with van der Waals surface area (Å²) in [5, 5.41) is 29.3. The van der Waals surface area contributed by atoms with Crippen LogP contribution in [0.25, 0.3) is 0 Å². The first-order valence-electron chi connectivity index (χ1n) is 5.19. The molecule has 1 aromatic rings. The summed E-state index contributed by atoms with van der Waals surface area (Å²) in [7, 11) is 1.26. The van der Waals surface area contributed by atoms with Gasteiger partial charge in [0.15, 0.2) is 5.69 Å². The Morgan fingerprint density at radius 1 is 1.71 bits per heavy atom. The van der Waals surface area contributed by atoms with E-state index in [1.54, 1.807) is 0 Å². The van der Waals surface area contributed by atoms with Crippen LogP contribution >= 0.6 is 0 Å². The molecule has 8 nitrogen and oxygen atoms in total. The number of carbonyl (C=O) groups excluding carboxylic acids is 1. The molecule has 8 heteroatoms. The van der Waals surface area contributed by atoms with Crippen molar-refractivity contribution in [2.45, 2.75) is 24.8 Å². The van der Waals surface area contributed by atoms with Gasteiger partial charge < -0.3 is 20.3 Å². The number of β-amino-alcohol motifs (C(OH)–C–C–N with tert-alkyl or cyclic N) is 1. The quantitative estimate of drug-likeness (QED) is 0.514. The lowest BCUT2D eigenvalue weighted by Crippen LogP contribution is -2.36. The summed E-state index contributed by atoms with van der Waals surface area (Å²) in [5.74, 6) is -0.559. The van der Waals surface area contributed by atoms with Crippen molar-refractivity contribution in [1.29, 1.82) is 0 Å². The highest BCUT2D eigenvalue weighted by atomic mass is 16.5. The van der Waals surface area contributed by atoms with Crippen molar-refractivity contribution in [3.8, 4) is 0 Å². The number of ether oxygens (including phenoxy) is 1. The Bertz CT molecular complexity index is 407. The summed E-state index contributed by atoms with van der Waals surface area (Å²) in [6.07, 6.45) is -0.185. The zero-order valence-electron chi connectivity index (χ0n) is 9.28. The molecule has 1 fully saturated rings. The van der Waals surface area contributed by atoms with Gasteiger partial charge in [0.1, 0.15) is 0 Å². The maximum Gasteiger partial charge on any atom is 0.360 e. The third-order valence-corrected chi connectivity index (χ3v) is 2.71. The van der Waals surface area contributed by atoms with E-state index in [4.69, 9.17) is 0 Å². The number of aliphatic hydroxyl groups excluding tert-OH is 2. The molecule has 2 heterocycles. The number of hydrogen-bond donors (Lipinski definition) is 3. The Kier molecular flexibility index (Phi) is 3.36. The van der Waals surface area contributed by atoms with Gasteiger partial charge in [-0.05, 0) is 0 Å². The van der Waals surface area contributed by atoms with Gasteiger partial charge in [-0.2, -0.15) is 0 Å². The average Bonchev–Trinajstić information content (AvgIpc) is 2.91. The Hall–Kier alpha value is -1.51. The van der Waals surface area contributed by atoms with E-state index in [0.717, 1.165) is 0 Å². The SMILES string of the molecule is COC(=O)c1cn(C[C@@H]2NC[C@@H](O)[C@H]2O)nn1. The van der Waals surface area contributed by atoms with Crippen LogP contribution in [0.2, 0.25) is 0 Å². The number of aromatic nitrogens is 3. The highest BCUT2D eigenvalue weighted by Gasteiger charge is 2.33. The second-order valence-electron chi connectivity index (χ2n) is 3.89. The molecule has 0 aliphatic carbocycles. The third kappa shape index (κ3) is 2.43. The predicted molar refractivity (Wildman–Crippen MR) is 55.2 cm³/mol. The van der Waals surface area contributed by atoms with Crippen LogP contribution in [0.1, 0.15) is 10.5 Å². The molecule has 3 N–H and O–H groups in total. The van der Waals surface area contributed by atoms with Crippen LogP contribution in [0, 0.1) is 0 Å². The van der Waals surface area contributed by atoms with Crippen molar-refractivity contribution in [2.75, 3.05) is 13.7 Å². The van der Waals surface area contributed by atoms with Crippen LogP contribution in [0.15, 0.2) is 6.20 Å². The van der Waals surface area contributed by atoms with E-state index in [1.807, 2.05) is 0 Å². The third-order valence-electron chi connectivity index (χ3n) is 2.71. The molecule has 3 atom stereocenters. The van der Waals surface area contributed by atoms with Crippen molar-refractivity contribution >= 4 is 5.97 Å². The van der Waals surface area contributed by atoms with Crippen LogP contribution in [0.3, 0.4) is 0 Å². The summed E-state index contributed by atoms with van der Waals surface area (Å²) in [6, 6.07) is -0.308. The Morgan fingerprint density at radius 3 is 3.06 bits per heavy atom. The lowest BCUT2D eigenvalue weighted by molar-refractivity contribution is 0.0372. The van der Waals surface area contributed by atoms with Crippen molar-refractivity contribution in [3.05, 3.63) is 11.9 Å². The maximum atomic E-state index is 11.1. The smallest absolute Gasteiger partial charge is 0.360 e. The Balaban J connectivity index is 2.00. The zero-order valence-corrected chi connectivity index (χ0v) is 9.28. The fourth-order valence-corrected chi connectivity index (χ4v) is 1.74. The number of esters is 1. The minimum Gasteiger partial charge on any atom is -0.464 e. The molecule has 1 aliphatic rings. The van der Waals surface area contributed by atoms with Crippen LogP contribution in [0.5, 0.6) is 0 Å². The van der Waals surface area contributed by atoms with Gasteiger partial charge in [0.05, 0.1) is 38.1 Å². The van der Waals surface area contributed by atoms with Crippen LogP contribution in [-0.2, 0) is 11.3 Å². The van der Waals surface area contributed by atoms with E-state index in [0.29, 0.717) is 13.1 Å². The lowest BCUT2D eigenvalue weighted by atomic mass is 10.1.